The van der Waals surface area contributed by atoms with Gasteiger partial charge in [0.2, 0.25) is 0 Å². The fraction of sp³-hybridized carbons (Fsp3) is 0.0612. The molecule has 8 aromatic carbocycles. The molecule has 0 aliphatic heterocycles. The molecule has 2 heterocycles. The predicted octanol–water partition coefficient (Wildman–Crippen LogP) is 15.0. The van der Waals surface area contributed by atoms with Crippen molar-refractivity contribution in [3.63, 3.8) is 0 Å². The average Bonchev–Trinajstić information content (AvgIpc) is 3.83. The van der Waals surface area contributed by atoms with Crippen molar-refractivity contribution < 1.29 is 0 Å². The van der Waals surface area contributed by atoms with Crippen LogP contribution in [0, 0.1) is 0 Å². The number of hydrogen-bond acceptors (Lipinski definition) is 3. The highest BCUT2D eigenvalue weighted by Crippen LogP contribution is 2.51. The Bertz CT molecular complexity index is 3050. The summed E-state index contributed by atoms with van der Waals surface area (Å²) in [4.78, 5) is 2.44. The van der Waals surface area contributed by atoms with Gasteiger partial charge in [0.25, 0.3) is 0 Å². The normalized spacial score (nSPS) is 13.3. The van der Waals surface area contributed by atoms with Gasteiger partial charge in [0, 0.05) is 62.8 Å². The lowest BCUT2D eigenvalue weighted by atomic mass is 9.82. The largest absolute Gasteiger partial charge is 0.310 e. The molecule has 52 heavy (non-hydrogen) atoms. The van der Waals surface area contributed by atoms with Gasteiger partial charge in [0.05, 0.1) is 0 Å². The van der Waals surface area contributed by atoms with Crippen molar-refractivity contribution in [1.29, 1.82) is 0 Å². The second-order valence-corrected chi connectivity index (χ2v) is 16.7. The monoisotopic (exact) mass is 699 g/mol. The lowest BCUT2D eigenvalue weighted by Crippen LogP contribution is -2.15. The Hall–Kier alpha value is -5.74. The van der Waals surface area contributed by atoms with Crippen LogP contribution in [0.15, 0.2) is 164 Å². The molecule has 0 radical (unpaired) electrons. The van der Waals surface area contributed by atoms with E-state index in [-0.39, 0.29) is 5.41 Å². The zero-order valence-electron chi connectivity index (χ0n) is 28.9. The summed E-state index contributed by atoms with van der Waals surface area (Å²) in [6.07, 6.45) is 0. The third-order valence-corrected chi connectivity index (χ3v) is 13.6. The summed E-state index contributed by atoms with van der Waals surface area (Å²) in [5.74, 6) is 0. The number of thiophene rings is 2. The lowest BCUT2D eigenvalue weighted by Gasteiger charge is -2.27. The molecule has 1 aliphatic rings. The van der Waals surface area contributed by atoms with E-state index >= 15 is 0 Å². The molecule has 11 rings (SSSR count). The van der Waals surface area contributed by atoms with E-state index in [1.54, 1.807) is 0 Å². The van der Waals surface area contributed by atoms with Crippen LogP contribution in [0.2, 0.25) is 0 Å². The van der Waals surface area contributed by atoms with Crippen molar-refractivity contribution in [2.45, 2.75) is 19.3 Å². The van der Waals surface area contributed by atoms with Crippen LogP contribution in [0.1, 0.15) is 25.0 Å². The summed E-state index contributed by atoms with van der Waals surface area (Å²) >= 11 is 3.75. The third-order valence-electron chi connectivity index (χ3n) is 11.3. The van der Waals surface area contributed by atoms with Crippen LogP contribution in [0.25, 0.3) is 73.4 Å². The van der Waals surface area contributed by atoms with Crippen molar-refractivity contribution in [3.8, 4) is 22.3 Å². The molecule has 3 heteroatoms. The number of hydrogen-bond donors (Lipinski definition) is 0. The third kappa shape index (κ3) is 4.33. The highest BCUT2D eigenvalue weighted by molar-refractivity contribution is 7.26. The minimum absolute atomic E-state index is 0.0355. The summed E-state index contributed by atoms with van der Waals surface area (Å²) in [5, 5.41) is 7.94. The summed E-state index contributed by atoms with van der Waals surface area (Å²) in [7, 11) is 0. The van der Waals surface area contributed by atoms with E-state index in [0.717, 1.165) is 17.1 Å². The van der Waals surface area contributed by atoms with Gasteiger partial charge in [-0.15, -0.1) is 22.7 Å². The van der Waals surface area contributed by atoms with Crippen molar-refractivity contribution in [1.82, 2.24) is 0 Å². The molecule has 246 valence electrons. The first-order chi connectivity index (χ1) is 25.5. The maximum atomic E-state index is 2.44. The number of fused-ring (bicyclic) bond motifs is 11. The summed E-state index contributed by atoms with van der Waals surface area (Å²) < 4.78 is 5.31. The fourth-order valence-electron chi connectivity index (χ4n) is 8.77. The topological polar surface area (TPSA) is 3.24 Å². The van der Waals surface area contributed by atoms with E-state index in [2.05, 4.69) is 183 Å². The number of anilines is 3. The smallest absolute Gasteiger partial charge is 0.0476 e. The molecule has 0 saturated heterocycles. The number of nitrogens with zero attached hydrogens (tertiary/aromatic N) is 1. The highest BCUT2D eigenvalue weighted by atomic mass is 32.1. The molecule has 0 bridgehead atoms. The first-order valence-electron chi connectivity index (χ1n) is 17.9. The minimum Gasteiger partial charge on any atom is -0.310 e. The molecule has 0 saturated carbocycles. The van der Waals surface area contributed by atoms with Gasteiger partial charge in [0.15, 0.2) is 0 Å². The first kappa shape index (κ1) is 29.9. The van der Waals surface area contributed by atoms with Crippen LogP contribution < -0.4 is 4.90 Å². The Balaban J connectivity index is 1.07. The maximum Gasteiger partial charge on any atom is 0.0476 e. The van der Waals surface area contributed by atoms with Crippen molar-refractivity contribution in [3.05, 3.63) is 175 Å². The van der Waals surface area contributed by atoms with E-state index in [1.165, 1.54) is 84.5 Å². The second-order valence-electron chi connectivity index (χ2n) is 14.5. The molecule has 0 unspecified atom stereocenters. The molecular weight excluding hydrogens is 667 g/mol. The van der Waals surface area contributed by atoms with E-state index < -0.39 is 0 Å². The lowest BCUT2D eigenvalue weighted by molar-refractivity contribution is 0.660. The molecular formula is C49H33NS2. The standard InChI is InChI=1S/C49H33NS2/c1-49(2)42-15-6-3-10-36(42)41-28-32(23-26-43(41)49)50(33-22-24-38-37-11-4-7-16-44(37)52-47(38)29-33)31-20-18-30(19-21-31)34-13-9-14-39-35(34)25-27-46-48(39)40-12-5-8-17-45(40)51-46/h3-29H,1-2H3. The molecule has 0 spiro atoms. The Morgan fingerprint density at radius 2 is 0.981 bits per heavy atom. The van der Waals surface area contributed by atoms with Gasteiger partial charge in [0.1, 0.15) is 0 Å². The van der Waals surface area contributed by atoms with Gasteiger partial charge in [-0.25, -0.2) is 0 Å². The SMILES string of the molecule is CC1(C)c2ccccc2-c2cc(N(c3ccc(-c4cccc5c4ccc4sc6ccccc6c45)cc3)c3ccc4c(c3)sc3ccccc34)ccc21. The summed E-state index contributed by atoms with van der Waals surface area (Å²) in [5.41, 5.74) is 11.4. The molecule has 1 aliphatic carbocycles. The second kappa shape index (κ2) is 11.1. The van der Waals surface area contributed by atoms with Gasteiger partial charge < -0.3 is 4.90 Å². The van der Waals surface area contributed by atoms with Crippen molar-refractivity contribution >= 4 is 90.9 Å². The molecule has 10 aromatic rings. The van der Waals surface area contributed by atoms with Crippen LogP contribution in [0.4, 0.5) is 17.1 Å². The molecule has 1 nitrogen and oxygen atoms in total. The fourth-order valence-corrected chi connectivity index (χ4v) is 11.0. The van der Waals surface area contributed by atoms with E-state index in [9.17, 15) is 0 Å². The van der Waals surface area contributed by atoms with Crippen LogP contribution in [-0.4, -0.2) is 0 Å². The molecule has 0 atom stereocenters. The zero-order chi connectivity index (χ0) is 34.6. The Labute approximate surface area is 310 Å². The quantitative estimate of drug-likeness (QED) is 0.177. The summed E-state index contributed by atoms with van der Waals surface area (Å²) in [6, 6.07) is 61.1. The first-order valence-corrected chi connectivity index (χ1v) is 19.6. The zero-order valence-corrected chi connectivity index (χ0v) is 30.5. The van der Waals surface area contributed by atoms with Gasteiger partial charge in [-0.2, -0.15) is 0 Å². The molecule has 0 N–H and O–H groups in total. The average molecular weight is 700 g/mol. The van der Waals surface area contributed by atoms with Crippen LogP contribution in [0.5, 0.6) is 0 Å². The molecule has 0 fully saturated rings. The Kier molecular flexibility index (Phi) is 6.41. The number of rotatable bonds is 4. The van der Waals surface area contributed by atoms with Crippen LogP contribution in [0.3, 0.4) is 0 Å². The minimum atomic E-state index is -0.0355. The number of benzene rings is 8. The van der Waals surface area contributed by atoms with Crippen LogP contribution >= 0.6 is 22.7 Å². The Morgan fingerprint density at radius 1 is 0.385 bits per heavy atom. The molecule has 0 amide bonds. The maximum absolute atomic E-state index is 2.44. The van der Waals surface area contributed by atoms with Gasteiger partial charge in [-0.1, -0.05) is 123 Å². The van der Waals surface area contributed by atoms with E-state index in [1.807, 2.05) is 22.7 Å². The van der Waals surface area contributed by atoms with Crippen molar-refractivity contribution in [2.75, 3.05) is 4.90 Å². The molecule has 2 aromatic heterocycles. The van der Waals surface area contributed by atoms with Crippen molar-refractivity contribution in [2.24, 2.45) is 0 Å². The van der Waals surface area contributed by atoms with E-state index in [0.29, 0.717) is 0 Å². The predicted molar refractivity (Wildman–Crippen MR) is 227 cm³/mol. The van der Waals surface area contributed by atoms with Gasteiger partial charge in [-0.3, -0.25) is 0 Å². The van der Waals surface area contributed by atoms with Crippen LogP contribution in [-0.2, 0) is 5.41 Å². The van der Waals surface area contributed by atoms with Gasteiger partial charge in [-0.05, 0) is 98.8 Å². The summed E-state index contributed by atoms with van der Waals surface area (Å²) in [6.45, 7) is 4.70. The van der Waals surface area contributed by atoms with Gasteiger partial charge >= 0.3 is 0 Å². The Morgan fingerprint density at radius 3 is 1.85 bits per heavy atom. The highest BCUT2D eigenvalue weighted by Gasteiger charge is 2.35. The van der Waals surface area contributed by atoms with E-state index in [4.69, 9.17) is 0 Å².